The van der Waals surface area contributed by atoms with Crippen molar-refractivity contribution in [3.63, 3.8) is 0 Å². The summed E-state index contributed by atoms with van der Waals surface area (Å²) in [4.78, 5) is 28.3. The number of benzene rings is 1. The standard InChI is InChI=1S/C20H27N3O5S/c1-15(24)23-14-19(28-18-7-3-2-6-17(18)23)20(25)21-12-8-16(9-13-21)29(26,27)22-10-4-5-11-22/h2-3,6-7,16,19H,4-5,8-14H2,1H3. The number of amides is 2. The first-order valence-electron chi connectivity index (χ1n) is 10.2. The van der Waals surface area contributed by atoms with Gasteiger partial charge in [-0.1, -0.05) is 12.1 Å². The van der Waals surface area contributed by atoms with Crippen LogP contribution in [-0.4, -0.2) is 73.5 Å². The third-order valence-electron chi connectivity index (χ3n) is 6.03. The number of sulfonamides is 1. The average Bonchev–Trinajstić information content (AvgIpc) is 3.28. The molecule has 158 valence electrons. The number of anilines is 1. The molecule has 0 aliphatic carbocycles. The smallest absolute Gasteiger partial charge is 0.265 e. The molecule has 1 atom stereocenters. The summed E-state index contributed by atoms with van der Waals surface area (Å²) in [6, 6.07) is 7.18. The number of carbonyl (C=O) groups is 2. The Hall–Kier alpha value is -2.13. The molecule has 1 unspecified atom stereocenters. The number of ether oxygens (including phenoxy) is 1. The molecule has 3 aliphatic rings. The van der Waals surface area contributed by atoms with Crippen molar-refractivity contribution < 1.29 is 22.7 Å². The van der Waals surface area contributed by atoms with Crippen LogP contribution >= 0.6 is 0 Å². The summed E-state index contributed by atoms with van der Waals surface area (Å²) in [5, 5.41) is -0.425. The van der Waals surface area contributed by atoms with Crippen molar-refractivity contribution in [2.24, 2.45) is 0 Å². The molecule has 4 rings (SSSR count). The molecule has 8 nitrogen and oxygen atoms in total. The number of hydrogen-bond acceptors (Lipinski definition) is 5. The lowest BCUT2D eigenvalue weighted by Crippen LogP contribution is -2.54. The minimum atomic E-state index is -3.28. The lowest BCUT2D eigenvalue weighted by Gasteiger charge is -2.38. The molecule has 1 aromatic carbocycles. The molecule has 2 fully saturated rings. The largest absolute Gasteiger partial charge is 0.476 e. The zero-order valence-corrected chi connectivity index (χ0v) is 17.4. The molecule has 2 saturated heterocycles. The van der Waals surface area contributed by atoms with Crippen LogP contribution in [0.5, 0.6) is 5.75 Å². The normalized spacial score (nSPS) is 23.6. The predicted molar refractivity (Wildman–Crippen MR) is 108 cm³/mol. The van der Waals surface area contributed by atoms with Gasteiger partial charge in [-0.15, -0.1) is 0 Å². The van der Waals surface area contributed by atoms with Gasteiger partial charge >= 0.3 is 0 Å². The van der Waals surface area contributed by atoms with E-state index in [0.717, 1.165) is 12.8 Å². The SMILES string of the molecule is CC(=O)N1CC(C(=O)N2CCC(S(=O)(=O)N3CCCC3)CC2)Oc2ccccc21. The van der Waals surface area contributed by atoms with Crippen LogP contribution in [0.1, 0.15) is 32.6 Å². The number of likely N-dealkylation sites (tertiary alicyclic amines) is 1. The Bertz CT molecular complexity index is 889. The fraction of sp³-hybridized carbons (Fsp3) is 0.600. The van der Waals surface area contributed by atoms with Crippen LogP contribution in [0.4, 0.5) is 5.69 Å². The van der Waals surface area contributed by atoms with Gasteiger partial charge in [0.05, 0.1) is 17.5 Å². The molecule has 0 saturated carbocycles. The summed E-state index contributed by atoms with van der Waals surface area (Å²) in [5.41, 5.74) is 0.666. The van der Waals surface area contributed by atoms with Crippen LogP contribution in [0.25, 0.3) is 0 Å². The quantitative estimate of drug-likeness (QED) is 0.732. The monoisotopic (exact) mass is 421 g/mol. The molecule has 3 aliphatic heterocycles. The van der Waals surface area contributed by atoms with Gasteiger partial charge in [-0.3, -0.25) is 9.59 Å². The van der Waals surface area contributed by atoms with Crippen LogP contribution < -0.4 is 9.64 Å². The Kier molecular flexibility index (Phi) is 5.52. The van der Waals surface area contributed by atoms with Crippen molar-refractivity contribution in [3.8, 4) is 5.75 Å². The maximum Gasteiger partial charge on any atom is 0.265 e. The molecule has 2 amide bonds. The molecule has 0 N–H and O–H groups in total. The Morgan fingerprint density at radius 1 is 1.03 bits per heavy atom. The minimum absolute atomic E-state index is 0.144. The number of carbonyl (C=O) groups excluding carboxylic acids is 2. The maximum atomic E-state index is 13.0. The lowest BCUT2D eigenvalue weighted by atomic mass is 10.1. The topological polar surface area (TPSA) is 87.2 Å². The Balaban J connectivity index is 1.42. The van der Waals surface area contributed by atoms with Crippen LogP contribution in [0.3, 0.4) is 0 Å². The molecule has 29 heavy (non-hydrogen) atoms. The third-order valence-corrected chi connectivity index (χ3v) is 8.43. The summed E-state index contributed by atoms with van der Waals surface area (Å²) in [6.07, 6.45) is 1.93. The number of para-hydroxylation sites is 2. The van der Waals surface area contributed by atoms with E-state index >= 15 is 0 Å². The molecular formula is C20H27N3O5S. The summed E-state index contributed by atoms with van der Waals surface area (Å²) < 4.78 is 33.0. The zero-order valence-electron chi connectivity index (χ0n) is 16.6. The van der Waals surface area contributed by atoms with Gasteiger partial charge in [-0.2, -0.15) is 0 Å². The number of rotatable bonds is 3. The highest BCUT2D eigenvalue weighted by molar-refractivity contribution is 7.89. The van der Waals surface area contributed by atoms with Gasteiger partial charge < -0.3 is 14.5 Å². The number of nitrogens with zero attached hydrogens (tertiary/aromatic N) is 3. The van der Waals surface area contributed by atoms with Crippen LogP contribution in [-0.2, 0) is 19.6 Å². The Morgan fingerprint density at radius 2 is 1.69 bits per heavy atom. The van der Waals surface area contributed by atoms with Crippen LogP contribution in [0.15, 0.2) is 24.3 Å². The zero-order chi connectivity index (χ0) is 20.6. The van der Waals surface area contributed by atoms with E-state index in [4.69, 9.17) is 4.74 Å². The van der Waals surface area contributed by atoms with Crippen molar-refractivity contribution in [1.29, 1.82) is 0 Å². The van der Waals surface area contributed by atoms with Crippen LogP contribution in [0, 0.1) is 0 Å². The highest BCUT2D eigenvalue weighted by atomic mass is 32.2. The Labute approximate surface area is 171 Å². The third kappa shape index (κ3) is 3.85. The van der Waals surface area contributed by atoms with E-state index in [2.05, 4.69) is 0 Å². The van der Waals surface area contributed by atoms with E-state index in [1.807, 2.05) is 6.07 Å². The second-order valence-electron chi connectivity index (χ2n) is 7.88. The number of fused-ring (bicyclic) bond motifs is 1. The fourth-order valence-electron chi connectivity index (χ4n) is 4.39. The average molecular weight is 422 g/mol. The number of hydrogen-bond donors (Lipinski definition) is 0. The van der Waals surface area contributed by atoms with E-state index in [1.54, 1.807) is 32.3 Å². The van der Waals surface area contributed by atoms with Crippen LogP contribution in [0.2, 0.25) is 0 Å². The first-order valence-corrected chi connectivity index (χ1v) is 11.7. The van der Waals surface area contributed by atoms with Gasteiger partial charge in [0.25, 0.3) is 5.91 Å². The van der Waals surface area contributed by atoms with E-state index < -0.39 is 21.4 Å². The van der Waals surface area contributed by atoms with Gasteiger partial charge in [-0.05, 0) is 37.8 Å². The van der Waals surface area contributed by atoms with Crippen molar-refractivity contribution >= 4 is 27.5 Å². The molecule has 3 heterocycles. The summed E-state index contributed by atoms with van der Waals surface area (Å²) >= 11 is 0. The highest BCUT2D eigenvalue weighted by Gasteiger charge is 2.40. The molecule has 0 bridgehead atoms. The van der Waals surface area contributed by atoms with Gasteiger partial charge in [0.1, 0.15) is 5.75 Å². The van der Waals surface area contributed by atoms with E-state index in [-0.39, 0.29) is 18.4 Å². The van der Waals surface area contributed by atoms with Crippen molar-refractivity contribution in [1.82, 2.24) is 9.21 Å². The molecule has 0 radical (unpaired) electrons. The molecule has 0 spiro atoms. The number of piperidine rings is 1. The van der Waals surface area contributed by atoms with Crippen molar-refractivity contribution in [3.05, 3.63) is 24.3 Å². The molecule has 9 heteroatoms. The van der Waals surface area contributed by atoms with Gasteiger partial charge in [-0.25, -0.2) is 12.7 Å². The second-order valence-corrected chi connectivity index (χ2v) is 10.1. The van der Waals surface area contributed by atoms with Crippen molar-refractivity contribution in [2.45, 2.75) is 44.0 Å². The summed E-state index contributed by atoms with van der Waals surface area (Å²) in [7, 11) is -3.28. The highest BCUT2D eigenvalue weighted by Crippen LogP contribution is 2.34. The summed E-state index contributed by atoms with van der Waals surface area (Å²) in [6.45, 7) is 3.63. The first-order chi connectivity index (χ1) is 13.9. The second kappa shape index (κ2) is 7.95. The Morgan fingerprint density at radius 3 is 2.34 bits per heavy atom. The van der Waals surface area contributed by atoms with Gasteiger partial charge in [0.2, 0.25) is 15.9 Å². The predicted octanol–water partition coefficient (Wildman–Crippen LogP) is 1.22. The first kappa shape index (κ1) is 20.2. The lowest BCUT2D eigenvalue weighted by molar-refractivity contribution is -0.139. The van der Waals surface area contributed by atoms with E-state index in [9.17, 15) is 18.0 Å². The fourth-order valence-corrected chi connectivity index (χ4v) is 6.39. The van der Waals surface area contributed by atoms with E-state index in [0.29, 0.717) is 50.5 Å². The molecule has 0 aromatic heterocycles. The summed E-state index contributed by atoms with van der Waals surface area (Å²) in [5.74, 6) is 0.176. The molecular weight excluding hydrogens is 394 g/mol. The maximum absolute atomic E-state index is 13.0. The van der Waals surface area contributed by atoms with E-state index in [1.165, 1.54) is 6.92 Å². The molecule has 1 aromatic rings. The minimum Gasteiger partial charge on any atom is -0.476 e. The van der Waals surface area contributed by atoms with Crippen molar-refractivity contribution in [2.75, 3.05) is 37.6 Å². The van der Waals surface area contributed by atoms with Gasteiger partial charge in [0.15, 0.2) is 6.10 Å². The van der Waals surface area contributed by atoms with Gasteiger partial charge in [0, 0.05) is 33.1 Å².